The van der Waals surface area contributed by atoms with E-state index < -0.39 is 15.9 Å². The van der Waals surface area contributed by atoms with Crippen molar-refractivity contribution in [3.05, 3.63) is 69.2 Å². The highest BCUT2D eigenvalue weighted by molar-refractivity contribution is 7.90. The molecular weight excluding hydrogens is 461 g/mol. The molecule has 0 spiro atoms. The van der Waals surface area contributed by atoms with Gasteiger partial charge in [0.1, 0.15) is 22.2 Å². The monoisotopic (exact) mass is 473 g/mol. The zero-order chi connectivity index (χ0) is 21.3. The maximum absolute atomic E-state index is 12.6. The van der Waals surface area contributed by atoms with Crippen LogP contribution in [0.3, 0.4) is 0 Å². The standard InChI is InChI=1S/C18H14Cl3N3O4S/c1-10-22-14(9-24(10)15-5-3-4-13(20)17(15)21)18(25)23-29(26,27)16-8-11(28-2)6-7-12(16)19/h3-9H,1-2H3,(H,23,25). The number of aromatic nitrogens is 2. The van der Waals surface area contributed by atoms with Crippen molar-refractivity contribution in [3.8, 4) is 11.4 Å². The summed E-state index contributed by atoms with van der Waals surface area (Å²) in [5, 5.41) is 0.550. The van der Waals surface area contributed by atoms with E-state index in [9.17, 15) is 13.2 Å². The zero-order valence-electron chi connectivity index (χ0n) is 15.1. The number of methoxy groups -OCH3 is 1. The van der Waals surface area contributed by atoms with Gasteiger partial charge in [0.2, 0.25) is 0 Å². The molecule has 0 bridgehead atoms. The van der Waals surface area contributed by atoms with Crippen LogP contribution < -0.4 is 9.46 Å². The van der Waals surface area contributed by atoms with Crippen LogP contribution in [0.25, 0.3) is 5.69 Å². The van der Waals surface area contributed by atoms with Gasteiger partial charge in [-0.05, 0) is 31.2 Å². The van der Waals surface area contributed by atoms with E-state index in [4.69, 9.17) is 39.5 Å². The summed E-state index contributed by atoms with van der Waals surface area (Å²) in [6.07, 6.45) is 1.37. The van der Waals surface area contributed by atoms with E-state index in [2.05, 4.69) is 4.98 Å². The van der Waals surface area contributed by atoms with Gasteiger partial charge in [0.25, 0.3) is 15.9 Å². The van der Waals surface area contributed by atoms with Crippen molar-refractivity contribution in [2.45, 2.75) is 11.8 Å². The van der Waals surface area contributed by atoms with Crippen LogP contribution >= 0.6 is 34.8 Å². The molecule has 0 atom stereocenters. The number of amides is 1. The Balaban J connectivity index is 1.93. The molecule has 3 aromatic rings. The summed E-state index contributed by atoms with van der Waals surface area (Å²) in [6.45, 7) is 1.64. The number of nitrogens with zero attached hydrogens (tertiary/aromatic N) is 2. The molecule has 1 aromatic heterocycles. The Bertz CT molecular complexity index is 1210. The fourth-order valence-corrected chi connectivity index (χ4v) is 4.41. The predicted octanol–water partition coefficient (Wildman–Crippen LogP) is 4.27. The van der Waals surface area contributed by atoms with Gasteiger partial charge in [0.15, 0.2) is 0 Å². The number of carbonyl (C=O) groups is 1. The van der Waals surface area contributed by atoms with E-state index in [1.54, 1.807) is 25.1 Å². The topological polar surface area (TPSA) is 90.3 Å². The molecule has 11 heteroatoms. The molecule has 2 aromatic carbocycles. The van der Waals surface area contributed by atoms with Crippen molar-refractivity contribution in [2.24, 2.45) is 0 Å². The number of carbonyl (C=O) groups excluding carboxylic acids is 1. The van der Waals surface area contributed by atoms with Crippen molar-refractivity contribution >= 4 is 50.7 Å². The molecule has 29 heavy (non-hydrogen) atoms. The molecule has 0 saturated heterocycles. The fourth-order valence-electron chi connectivity index (χ4n) is 2.55. The van der Waals surface area contributed by atoms with Crippen molar-refractivity contribution in [3.63, 3.8) is 0 Å². The molecule has 0 saturated carbocycles. The first-order valence-electron chi connectivity index (χ1n) is 8.05. The third-order valence-electron chi connectivity index (χ3n) is 3.96. The molecule has 0 aliphatic carbocycles. The van der Waals surface area contributed by atoms with Crippen LogP contribution in [0.4, 0.5) is 0 Å². The normalized spacial score (nSPS) is 11.3. The minimum atomic E-state index is -4.26. The Morgan fingerprint density at radius 1 is 1.14 bits per heavy atom. The SMILES string of the molecule is COc1ccc(Cl)c(S(=O)(=O)NC(=O)c2cn(-c3cccc(Cl)c3Cl)c(C)n2)c1. The summed E-state index contributed by atoms with van der Waals surface area (Å²) in [7, 11) is -2.88. The van der Waals surface area contributed by atoms with Crippen LogP contribution in [0.2, 0.25) is 15.1 Å². The third kappa shape index (κ3) is 4.35. The van der Waals surface area contributed by atoms with Crippen LogP contribution in [0.15, 0.2) is 47.5 Å². The zero-order valence-corrected chi connectivity index (χ0v) is 18.2. The number of benzene rings is 2. The summed E-state index contributed by atoms with van der Waals surface area (Å²) < 4.78 is 33.7. The maximum Gasteiger partial charge on any atom is 0.285 e. The van der Waals surface area contributed by atoms with Crippen molar-refractivity contribution in [1.29, 1.82) is 0 Å². The third-order valence-corrected chi connectivity index (χ3v) is 6.58. The van der Waals surface area contributed by atoms with Gasteiger partial charge in [-0.1, -0.05) is 40.9 Å². The second-order valence-corrected chi connectivity index (χ2v) is 8.69. The van der Waals surface area contributed by atoms with Gasteiger partial charge in [0.05, 0.1) is 27.9 Å². The van der Waals surface area contributed by atoms with E-state index in [-0.39, 0.29) is 26.4 Å². The van der Waals surface area contributed by atoms with Crippen molar-refractivity contribution in [2.75, 3.05) is 7.11 Å². The molecule has 0 fully saturated rings. The fraction of sp³-hybridized carbons (Fsp3) is 0.111. The van der Waals surface area contributed by atoms with E-state index in [1.807, 2.05) is 4.72 Å². The number of rotatable bonds is 5. The van der Waals surface area contributed by atoms with Gasteiger partial charge in [-0.2, -0.15) is 0 Å². The summed E-state index contributed by atoms with van der Waals surface area (Å²) >= 11 is 18.2. The quantitative estimate of drug-likeness (QED) is 0.596. The highest BCUT2D eigenvalue weighted by atomic mass is 35.5. The average molecular weight is 475 g/mol. The van der Waals surface area contributed by atoms with Gasteiger partial charge in [-0.25, -0.2) is 18.1 Å². The second kappa shape index (κ2) is 8.23. The van der Waals surface area contributed by atoms with Gasteiger partial charge in [-0.15, -0.1) is 0 Å². The molecule has 1 N–H and O–H groups in total. The molecule has 1 heterocycles. The molecule has 3 rings (SSSR count). The second-order valence-electron chi connectivity index (χ2n) is 5.85. The van der Waals surface area contributed by atoms with Crippen LogP contribution in [-0.4, -0.2) is 31.0 Å². The van der Waals surface area contributed by atoms with E-state index in [1.165, 1.54) is 36.1 Å². The maximum atomic E-state index is 12.6. The molecule has 152 valence electrons. The number of sulfonamides is 1. The van der Waals surface area contributed by atoms with E-state index >= 15 is 0 Å². The van der Waals surface area contributed by atoms with E-state index in [0.717, 1.165) is 0 Å². The Labute approximate surface area is 182 Å². The highest BCUT2D eigenvalue weighted by Gasteiger charge is 2.24. The number of aryl methyl sites for hydroxylation is 1. The van der Waals surface area contributed by atoms with Crippen molar-refractivity contribution < 1.29 is 17.9 Å². The number of halogens is 3. The van der Waals surface area contributed by atoms with Crippen LogP contribution in [0, 0.1) is 6.92 Å². The lowest BCUT2D eigenvalue weighted by atomic mass is 10.3. The predicted molar refractivity (Wildman–Crippen MR) is 111 cm³/mol. The molecular formula is C18H14Cl3N3O4S. The number of hydrogen-bond acceptors (Lipinski definition) is 5. The molecule has 7 nitrogen and oxygen atoms in total. The first kappa shape index (κ1) is 21.4. The number of hydrogen-bond donors (Lipinski definition) is 1. The lowest BCUT2D eigenvalue weighted by Crippen LogP contribution is -2.31. The lowest BCUT2D eigenvalue weighted by Gasteiger charge is -2.09. The van der Waals surface area contributed by atoms with Gasteiger partial charge in [0, 0.05) is 12.3 Å². The largest absolute Gasteiger partial charge is 0.497 e. The summed E-state index contributed by atoms with van der Waals surface area (Å²) in [5.41, 5.74) is 0.378. The average Bonchev–Trinajstić information content (AvgIpc) is 3.05. The van der Waals surface area contributed by atoms with Gasteiger partial charge < -0.3 is 9.30 Å². The number of nitrogens with one attached hydrogen (secondary N) is 1. The highest BCUT2D eigenvalue weighted by Crippen LogP contribution is 2.30. The number of ether oxygens (including phenoxy) is 1. The Morgan fingerprint density at radius 3 is 2.55 bits per heavy atom. The Morgan fingerprint density at radius 2 is 1.86 bits per heavy atom. The summed E-state index contributed by atoms with van der Waals surface area (Å²) in [5.74, 6) is -0.238. The summed E-state index contributed by atoms with van der Waals surface area (Å²) in [4.78, 5) is 16.4. The smallest absolute Gasteiger partial charge is 0.285 e. The first-order valence-corrected chi connectivity index (χ1v) is 10.7. The molecule has 1 amide bonds. The van der Waals surface area contributed by atoms with Crippen LogP contribution in [0.5, 0.6) is 5.75 Å². The van der Waals surface area contributed by atoms with Crippen LogP contribution in [-0.2, 0) is 10.0 Å². The number of imidazole rings is 1. The Kier molecular flexibility index (Phi) is 6.09. The minimum Gasteiger partial charge on any atom is -0.497 e. The van der Waals surface area contributed by atoms with Crippen molar-refractivity contribution in [1.82, 2.24) is 14.3 Å². The Hall–Kier alpha value is -2.26. The molecule has 0 aliphatic heterocycles. The van der Waals surface area contributed by atoms with Gasteiger partial charge in [-0.3, -0.25) is 4.79 Å². The molecule has 0 unspecified atom stereocenters. The van der Waals surface area contributed by atoms with E-state index in [0.29, 0.717) is 16.5 Å². The van der Waals surface area contributed by atoms with Crippen LogP contribution in [0.1, 0.15) is 16.3 Å². The summed E-state index contributed by atoms with van der Waals surface area (Å²) in [6, 6.07) is 9.09. The minimum absolute atomic E-state index is 0.0569. The first-order chi connectivity index (χ1) is 13.6. The molecule has 0 aliphatic rings. The lowest BCUT2D eigenvalue weighted by molar-refractivity contribution is 0.0977. The van der Waals surface area contributed by atoms with Gasteiger partial charge >= 0.3 is 0 Å². The molecule has 0 radical (unpaired) electrons.